The van der Waals surface area contributed by atoms with Crippen molar-refractivity contribution in [1.82, 2.24) is 4.72 Å². The lowest BCUT2D eigenvalue weighted by Gasteiger charge is -2.34. The number of anilines is 1. The number of nitriles is 1. The SMILES string of the molecule is CS(=O)(=O)NCC1CCCN(c2cccc(F)c2C#N)C1. The van der Waals surface area contributed by atoms with Crippen molar-refractivity contribution in [3.63, 3.8) is 0 Å². The molecule has 0 saturated carbocycles. The first kappa shape index (κ1) is 15.7. The summed E-state index contributed by atoms with van der Waals surface area (Å²) in [4.78, 5) is 1.96. The van der Waals surface area contributed by atoms with Crippen molar-refractivity contribution in [2.24, 2.45) is 5.92 Å². The van der Waals surface area contributed by atoms with Crippen molar-refractivity contribution in [1.29, 1.82) is 5.26 Å². The zero-order valence-electron chi connectivity index (χ0n) is 11.8. The second-order valence-electron chi connectivity index (χ2n) is 5.32. The van der Waals surface area contributed by atoms with E-state index in [-0.39, 0.29) is 11.5 Å². The van der Waals surface area contributed by atoms with Crippen LogP contribution in [0.3, 0.4) is 0 Å². The Kier molecular flexibility index (Phi) is 4.80. The maximum absolute atomic E-state index is 13.7. The van der Waals surface area contributed by atoms with Gasteiger partial charge < -0.3 is 4.90 Å². The van der Waals surface area contributed by atoms with Crippen LogP contribution in [0.25, 0.3) is 0 Å². The van der Waals surface area contributed by atoms with Crippen LogP contribution >= 0.6 is 0 Å². The lowest BCUT2D eigenvalue weighted by Crippen LogP contribution is -2.41. The molecule has 1 aliphatic heterocycles. The molecule has 1 unspecified atom stereocenters. The molecule has 0 amide bonds. The van der Waals surface area contributed by atoms with Crippen LogP contribution in [0.2, 0.25) is 0 Å². The topological polar surface area (TPSA) is 73.2 Å². The fourth-order valence-corrected chi connectivity index (χ4v) is 3.15. The number of rotatable bonds is 4. The first-order valence-electron chi connectivity index (χ1n) is 6.79. The van der Waals surface area contributed by atoms with Crippen LogP contribution in [0.4, 0.5) is 10.1 Å². The minimum atomic E-state index is -3.21. The normalized spacial score (nSPS) is 19.3. The summed E-state index contributed by atoms with van der Waals surface area (Å²) in [6.45, 7) is 1.72. The number of piperidine rings is 1. The fourth-order valence-electron chi connectivity index (χ4n) is 2.61. The highest BCUT2D eigenvalue weighted by Crippen LogP contribution is 2.27. The van der Waals surface area contributed by atoms with E-state index < -0.39 is 15.8 Å². The number of sulfonamides is 1. The highest BCUT2D eigenvalue weighted by atomic mass is 32.2. The van der Waals surface area contributed by atoms with Gasteiger partial charge in [-0.1, -0.05) is 6.07 Å². The number of hydrogen-bond acceptors (Lipinski definition) is 4. The summed E-state index contributed by atoms with van der Waals surface area (Å²) in [7, 11) is -3.21. The van der Waals surface area contributed by atoms with Gasteiger partial charge in [0.1, 0.15) is 17.4 Å². The first-order valence-corrected chi connectivity index (χ1v) is 8.68. The van der Waals surface area contributed by atoms with E-state index in [0.29, 0.717) is 18.8 Å². The van der Waals surface area contributed by atoms with Gasteiger partial charge in [-0.25, -0.2) is 17.5 Å². The van der Waals surface area contributed by atoms with Gasteiger partial charge >= 0.3 is 0 Å². The molecule has 1 saturated heterocycles. The molecule has 1 fully saturated rings. The van der Waals surface area contributed by atoms with Gasteiger partial charge in [0, 0.05) is 19.6 Å². The van der Waals surface area contributed by atoms with Crippen LogP contribution in [-0.4, -0.2) is 34.3 Å². The average molecular weight is 311 g/mol. The zero-order chi connectivity index (χ0) is 15.5. The van der Waals surface area contributed by atoms with Crippen molar-refractivity contribution in [2.75, 3.05) is 30.8 Å². The quantitative estimate of drug-likeness (QED) is 0.914. The third-order valence-corrected chi connectivity index (χ3v) is 4.29. The van der Waals surface area contributed by atoms with Crippen molar-refractivity contribution >= 4 is 15.7 Å². The van der Waals surface area contributed by atoms with Crippen LogP contribution in [0.5, 0.6) is 0 Å². The van der Waals surface area contributed by atoms with Crippen LogP contribution in [0.1, 0.15) is 18.4 Å². The van der Waals surface area contributed by atoms with E-state index in [1.54, 1.807) is 12.1 Å². The van der Waals surface area contributed by atoms with E-state index in [0.717, 1.165) is 25.6 Å². The first-order chi connectivity index (χ1) is 9.90. The standard InChI is InChI=1S/C14H18FN3O2S/c1-21(19,20)17-9-11-4-3-7-18(10-11)14-6-2-5-13(15)12(14)8-16/h2,5-6,11,17H,3-4,7,9-10H2,1H3. The Bertz CT molecular complexity index is 655. The molecule has 1 aromatic rings. The lowest BCUT2D eigenvalue weighted by molar-refractivity contribution is 0.411. The van der Waals surface area contributed by atoms with Crippen LogP contribution < -0.4 is 9.62 Å². The smallest absolute Gasteiger partial charge is 0.208 e. The molecule has 1 aromatic carbocycles. The summed E-state index contributed by atoms with van der Waals surface area (Å²) in [6, 6.07) is 6.49. The second kappa shape index (κ2) is 6.41. The summed E-state index contributed by atoms with van der Waals surface area (Å²) in [5.74, 6) is -0.366. The predicted molar refractivity (Wildman–Crippen MR) is 78.9 cm³/mol. The molecular formula is C14H18FN3O2S. The van der Waals surface area contributed by atoms with Crippen LogP contribution in [0, 0.1) is 23.1 Å². The van der Waals surface area contributed by atoms with Crippen molar-refractivity contribution < 1.29 is 12.8 Å². The van der Waals surface area contributed by atoms with Gasteiger partial charge in [0.25, 0.3) is 0 Å². The average Bonchev–Trinajstić information content (AvgIpc) is 2.44. The summed E-state index contributed by atoms with van der Waals surface area (Å²) in [5, 5.41) is 9.10. The predicted octanol–water partition coefficient (Wildman–Crippen LogP) is 1.46. The Morgan fingerprint density at radius 2 is 2.29 bits per heavy atom. The van der Waals surface area contributed by atoms with Gasteiger partial charge in [0.15, 0.2) is 0 Å². The molecule has 0 bridgehead atoms. The third kappa shape index (κ3) is 4.16. The molecule has 0 spiro atoms. The van der Waals surface area contributed by atoms with E-state index in [1.165, 1.54) is 6.07 Å². The number of nitrogens with zero attached hydrogens (tertiary/aromatic N) is 2. The van der Waals surface area contributed by atoms with Crippen molar-refractivity contribution in [3.05, 3.63) is 29.6 Å². The third-order valence-electron chi connectivity index (χ3n) is 3.60. The fraction of sp³-hybridized carbons (Fsp3) is 0.500. The molecule has 0 radical (unpaired) electrons. The highest BCUT2D eigenvalue weighted by molar-refractivity contribution is 7.88. The molecule has 1 atom stereocenters. The minimum absolute atomic E-state index is 0.0502. The number of hydrogen-bond donors (Lipinski definition) is 1. The molecule has 1 N–H and O–H groups in total. The van der Waals surface area contributed by atoms with Gasteiger partial charge in [-0.15, -0.1) is 0 Å². The molecule has 5 nitrogen and oxygen atoms in total. The number of nitrogens with one attached hydrogen (secondary N) is 1. The van der Waals surface area contributed by atoms with E-state index in [2.05, 4.69) is 4.72 Å². The van der Waals surface area contributed by atoms with Gasteiger partial charge in [-0.3, -0.25) is 0 Å². The molecule has 0 aliphatic carbocycles. The largest absolute Gasteiger partial charge is 0.370 e. The second-order valence-corrected chi connectivity index (χ2v) is 7.15. The van der Waals surface area contributed by atoms with Gasteiger partial charge in [0.05, 0.1) is 11.9 Å². The van der Waals surface area contributed by atoms with E-state index in [9.17, 15) is 12.8 Å². The molecular weight excluding hydrogens is 293 g/mol. The number of benzene rings is 1. The maximum Gasteiger partial charge on any atom is 0.208 e. The summed E-state index contributed by atoms with van der Waals surface area (Å²) < 4.78 is 38.5. The van der Waals surface area contributed by atoms with Crippen molar-refractivity contribution in [2.45, 2.75) is 12.8 Å². The summed E-state index contributed by atoms with van der Waals surface area (Å²) in [6.07, 6.45) is 2.93. The summed E-state index contributed by atoms with van der Waals surface area (Å²) in [5.41, 5.74) is 0.635. The Morgan fingerprint density at radius 3 is 2.95 bits per heavy atom. The maximum atomic E-state index is 13.7. The van der Waals surface area contributed by atoms with Gasteiger partial charge in [-0.2, -0.15) is 5.26 Å². The minimum Gasteiger partial charge on any atom is -0.370 e. The van der Waals surface area contributed by atoms with E-state index >= 15 is 0 Å². The zero-order valence-corrected chi connectivity index (χ0v) is 12.7. The Morgan fingerprint density at radius 1 is 1.52 bits per heavy atom. The summed E-state index contributed by atoms with van der Waals surface area (Å²) >= 11 is 0. The molecule has 1 aliphatic rings. The van der Waals surface area contributed by atoms with Gasteiger partial charge in [-0.05, 0) is 30.9 Å². The molecule has 114 valence electrons. The van der Waals surface area contributed by atoms with Crippen LogP contribution in [0.15, 0.2) is 18.2 Å². The molecule has 1 heterocycles. The van der Waals surface area contributed by atoms with Crippen molar-refractivity contribution in [3.8, 4) is 6.07 Å². The molecule has 7 heteroatoms. The molecule has 2 rings (SSSR count). The van der Waals surface area contributed by atoms with Crippen LogP contribution in [-0.2, 0) is 10.0 Å². The molecule has 0 aromatic heterocycles. The van der Waals surface area contributed by atoms with Gasteiger partial charge in [0.2, 0.25) is 10.0 Å². The lowest BCUT2D eigenvalue weighted by atomic mass is 9.97. The highest BCUT2D eigenvalue weighted by Gasteiger charge is 2.23. The molecule has 21 heavy (non-hydrogen) atoms. The van der Waals surface area contributed by atoms with E-state index in [1.807, 2.05) is 11.0 Å². The van der Waals surface area contributed by atoms with E-state index in [4.69, 9.17) is 5.26 Å². The Balaban J connectivity index is 2.11. The monoisotopic (exact) mass is 311 g/mol. The number of halogens is 1. The Hall–Kier alpha value is -1.65. The Labute approximate surface area is 124 Å².